The molecule has 0 bridgehead atoms. The Morgan fingerprint density at radius 1 is 1.47 bits per heavy atom. The van der Waals surface area contributed by atoms with E-state index in [9.17, 15) is 4.79 Å². The van der Waals surface area contributed by atoms with Gasteiger partial charge in [0.25, 0.3) is 5.91 Å². The molecular formula is C14H18N2O. The van der Waals surface area contributed by atoms with Gasteiger partial charge in [-0.1, -0.05) is 17.7 Å². The van der Waals surface area contributed by atoms with Gasteiger partial charge in [0.1, 0.15) is 0 Å². The summed E-state index contributed by atoms with van der Waals surface area (Å²) in [6, 6.07) is 7.97. The van der Waals surface area contributed by atoms with E-state index < -0.39 is 0 Å². The molecule has 0 fully saturated rings. The topological polar surface area (TPSA) is 44.1 Å². The zero-order valence-corrected chi connectivity index (χ0v) is 10.8. The van der Waals surface area contributed by atoms with Gasteiger partial charge in [0, 0.05) is 19.2 Å². The van der Waals surface area contributed by atoms with E-state index in [4.69, 9.17) is 5.26 Å². The van der Waals surface area contributed by atoms with E-state index in [-0.39, 0.29) is 11.8 Å². The van der Waals surface area contributed by atoms with Crippen LogP contribution in [-0.2, 0) is 0 Å². The van der Waals surface area contributed by atoms with Crippen molar-refractivity contribution in [3.05, 3.63) is 34.9 Å². The van der Waals surface area contributed by atoms with Crippen LogP contribution in [0.15, 0.2) is 18.2 Å². The van der Waals surface area contributed by atoms with Crippen molar-refractivity contribution in [2.24, 2.45) is 5.92 Å². The van der Waals surface area contributed by atoms with E-state index in [1.165, 1.54) is 0 Å². The van der Waals surface area contributed by atoms with Crippen LogP contribution in [0.3, 0.4) is 0 Å². The fourth-order valence-electron chi connectivity index (χ4n) is 1.71. The zero-order chi connectivity index (χ0) is 13.0. The molecule has 1 aromatic rings. The highest BCUT2D eigenvalue weighted by Crippen LogP contribution is 2.13. The Morgan fingerprint density at radius 2 is 2.12 bits per heavy atom. The molecule has 0 aliphatic rings. The largest absolute Gasteiger partial charge is 0.340 e. The highest BCUT2D eigenvalue weighted by atomic mass is 16.2. The molecule has 0 saturated heterocycles. The molecule has 1 aromatic carbocycles. The lowest BCUT2D eigenvalue weighted by atomic mass is 10.0. The maximum Gasteiger partial charge on any atom is 0.253 e. The first-order chi connectivity index (χ1) is 7.95. The lowest BCUT2D eigenvalue weighted by Gasteiger charge is -2.19. The minimum Gasteiger partial charge on any atom is -0.340 e. The fraction of sp³-hybridized carbons (Fsp3) is 0.429. The molecule has 1 rings (SSSR count). The van der Waals surface area contributed by atoms with Gasteiger partial charge in [-0.2, -0.15) is 5.26 Å². The number of carbonyl (C=O) groups is 1. The number of amides is 1. The van der Waals surface area contributed by atoms with Crippen molar-refractivity contribution in [1.82, 2.24) is 4.90 Å². The Hall–Kier alpha value is -1.82. The highest BCUT2D eigenvalue weighted by Gasteiger charge is 2.16. The second kappa shape index (κ2) is 5.49. The quantitative estimate of drug-likeness (QED) is 0.801. The van der Waals surface area contributed by atoms with Gasteiger partial charge >= 0.3 is 0 Å². The van der Waals surface area contributed by atoms with Gasteiger partial charge in [0.15, 0.2) is 0 Å². The van der Waals surface area contributed by atoms with Crippen molar-refractivity contribution in [3.8, 4) is 6.07 Å². The number of aryl methyl sites for hydroxylation is 2. The minimum atomic E-state index is -0.144. The Morgan fingerprint density at radius 3 is 2.71 bits per heavy atom. The van der Waals surface area contributed by atoms with Crippen molar-refractivity contribution < 1.29 is 4.79 Å². The zero-order valence-electron chi connectivity index (χ0n) is 10.8. The first kappa shape index (κ1) is 13.2. The van der Waals surface area contributed by atoms with Gasteiger partial charge in [-0.05, 0) is 32.4 Å². The molecule has 0 aliphatic carbocycles. The summed E-state index contributed by atoms with van der Waals surface area (Å²) in [4.78, 5) is 13.8. The van der Waals surface area contributed by atoms with Crippen molar-refractivity contribution in [1.29, 1.82) is 5.26 Å². The molecule has 3 heteroatoms. The monoisotopic (exact) mass is 230 g/mol. The molecule has 0 aromatic heterocycles. The molecular weight excluding hydrogens is 212 g/mol. The van der Waals surface area contributed by atoms with Gasteiger partial charge in [-0.15, -0.1) is 0 Å². The maximum absolute atomic E-state index is 12.2. The Balaban J connectivity index is 2.89. The van der Waals surface area contributed by atoms with Crippen LogP contribution in [0.1, 0.15) is 28.4 Å². The van der Waals surface area contributed by atoms with E-state index in [2.05, 4.69) is 6.07 Å². The van der Waals surface area contributed by atoms with Gasteiger partial charge in [-0.3, -0.25) is 4.79 Å². The van der Waals surface area contributed by atoms with Crippen LogP contribution in [0, 0.1) is 31.1 Å². The van der Waals surface area contributed by atoms with Crippen molar-refractivity contribution in [3.63, 3.8) is 0 Å². The molecule has 90 valence electrons. The fourth-order valence-corrected chi connectivity index (χ4v) is 1.71. The lowest BCUT2D eigenvalue weighted by Crippen LogP contribution is -2.31. The molecule has 0 aliphatic heterocycles. The highest BCUT2D eigenvalue weighted by molar-refractivity contribution is 5.95. The number of nitrogens with zero attached hydrogens (tertiary/aromatic N) is 2. The third kappa shape index (κ3) is 3.32. The van der Waals surface area contributed by atoms with E-state index in [0.29, 0.717) is 6.54 Å². The normalized spacial score (nSPS) is 11.7. The Labute approximate surface area is 103 Å². The van der Waals surface area contributed by atoms with Crippen molar-refractivity contribution >= 4 is 5.91 Å². The maximum atomic E-state index is 12.2. The predicted molar refractivity (Wildman–Crippen MR) is 67.7 cm³/mol. The summed E-state index contributed by atoms with van der Waals surface area (Å²) in [5, 5.41) is 8.75. The first-order valence-electron chi connectivity index (χ1n) is 5.68. The summed E-state index contributed by atoms with van der Waals surface area (Å²) >= 11 is 0. The molecule has 0 spiro atoms. The van der Waals surface area contributed by atoms with Crippen molar-refractivity contribution in [2.45, 2.75) is 20.8 Å². The summed E-state index contributed by atoms with van der Waals surface area (Å²) in [7, 11) is 1.73. The van der Waals surface area contributed by atoms with Crippen LogP contribution in [0.2, 0.25) is 0 Å². The molecule has 1 amide bonds. The van der Waals surface area contributed by atoms with Gasteiger partial charge < -0.3 is 4.90 Å². The number of nitriles is 1. The van der Waals surface area contributed by atoms with E-state index in [0.717, 1.165) is 16.7 Å². The van der Waals surface area contributed by atoms with Gasteiger partial charge in [0.2, 0.25) is 0 Å². The average molecular weight is 230 g/mol. The van der Waals surface area contributed by atoms with Gasteiger partial charge in [0.05, 0.1) is 12.0 Å². The van der Waals surface area contributed by atoms with Crippen LogP contribution >= 0.6 is 0 Å². The van der Waals surface area contributed by atoms with Crippen LogP contribution in [0.25, 0.3) is 0 Å². The molecule has 1 atom stereocenters. The molecule has 3 nitrogen and oxygen atoms in total. The summed E-state index contributed by atoms with van der Waals surface area (Å²) in [5.41, 5.74) is 2.76. The van der Waals surface area contributed by atoms with Crippen molar-refractivity contribution in [2.75, 3.05) is 13.6 Å². The lowest BCUT2D eigenvalue weighted by molar-refractivity contribution is 0.0784. The molecule has 1 unspecified atom stereocenters. The van der Waals surface area contributed by atoms with Crippen LogP contribution < -0.4 is 0 Å². The van der Waals surface area contributed by atoms with E-state index in [1.807, 2.05) is 39.0 Å². The number of hydrogen-bond acceptors (Lipinski definition) is 2. The van der Waals surface area contributed by atoms with Crippen LogP contribution in [-0.4, -0.2) is 24.4 Å². The number of hydrogen-bond donors (Lipinski definition) is 0. The smallest absolute Gasteiger partial charge is 0.253 e. The summed E-state index contributed by atoms with van der Waals surface area (Å²) in [6.45, 7) is 6.16. The van der Waals surface area contributed by atoms with E-state index in [1.54, 1.807) is 11.9 Å². The Bertz CT molecular complexity index is 460. The molecule has 0 N–H and O–H groups in total. The standard InChI is InChI=1S/C14H18N2O/c1-10-5-6-12(3)13(7-10)14(17)16(4)9-11(2)8-15/h5-7,11H,9H2,1-4H3. The summed E-state index contributed by atoms with van der Waals surface area (Å²) < 4.78 is 0. The average Bonchev–Trinajstić information content (AvgIpc) is 2.31. The molecule has 17 heavy (non-hydrogen) atoms. The Kier molecular flexibility index (Phi) is 4.28. The third-order valence-electron chi connectivity index (χ3n) is 2.74. The first-order valence-corrected chi connectivity index (χ1v) is 5.68. The second-order valence-electron chi connectivity index (χ2n) is 4.53. The molecule has 0 radical (unpaired) electrons. The SMILES string of the molecule is Cc1ccc(C)c(C(=O)N(C)CC(C)C#N)c1. The van der Waals surface area contributed by atoms with E-state index >= 15 is 0 Å². The minimum absolute atomic E-state index is 0.0201. The van der Waals surface area contributed by atoms with Crippen LogP contribution in [0.4, 0.5) is 0 Å². The second-order valence-corrected chi connectivity index (χ2v) is 4.53. The number of benzene rings is 1. The van der Waals surface area contributed by atoms with Gasteiger partial charge in [-0.25, -0.2) is 0 Å². The van der Waals surface area contributed by atoms with Crippen LogP contribution in [0.5, 0.6) is 0 Å². The number of carbonyl (C=O) groups excluding carboxylic acids is 1. The number of rotatable bonds is 3. The molecule has 0 saturated carbocycles. The third-order valence-corrected chi connectivity index (χ3v) is 2.74. The summed E-state index contributed by atoms with van der Waals surface area (Å²) in [5.74, 6) is -0.164. The summed E-state index contributed by atoms with van der Waals surface area (Å²) in [6.07, 6.45) is 0. The molecule has 0 heterocycles. The predicted octanol–water partition coefficient (Wildman–Crippen LogP) is 2.54.